The minimum Gasteiger partial charge on any atom is -0.454 e. The van der Waals surface area contributed by atoms with E-state index < -0.39 is 5.97 Å². The molecule has 25 heavy (non-hydrogen) atoms. The first-order valence-electron chi connectivity index (χ1n) is 7.84. The van der Waals surface area contributed by atoms with Crippen LogP contribution in [0.15, 0.2) is 29.4 Å². The number of ketones is 1. The van der Waals surface area contributed by atoms with Crippen LogP contribution in [0.1, 0.15) is 32.1 Å². The molecule has 0 saturated heterocycles. The number of aryl methyl sites for hydroxylation is 1. The maximum absolute atomic E-state index is 12.5. The zero-order valence-electron chi connectivity index (χ0n) is 14.9. The molecule has 0 amide bonds. The molecule has 0 N–H and O–H groups in total. The van der Waals surface area contributed by atoms with Gasteiger partial charge in [-0.15, -0.1) is 11.8 Å². The van der Waals surface area contributed by atoms with E-state index in [4.69, 9.17) is 9.47 Å². The second kappa shape index (κ2) is 8.82. The van der Waals surface area contributed by atoms with Crippen LogP contribution < -0.4 is 0 Å². The fourth-order valence-corrected chi connectivity index (χ4v) is 3.14. The molecule has 0 aromatic carbocycles. The number of aromatic nitrogens is 2. The summed E-state index contributed by atoms with van der Waals surface area (Å²) in [6, 6.07) is 5.13. The standard InChI is InChI=1S/C18H22N2O4S/c1-12-10-15(13(2)20(12)8-9-23-3)16(21)11-24-18(22)14-6-5-7-19-17(14)25-4/h5-7,10H,8-9,11H2,1-4H3. The van der Waals surface area contributed by atoms with Crippen molar-refractivity contribution in [1.29, 1.82) is 0 Å². The summed E-state index contributed by atoms with van der Waals surface area (Å²) in [5, 5.41) is 0.581. The predicted molar refractivity (Wildman–Crippen MR) is 96.4 cm³/mol. The molecular weight excluding hydrogens is 340 g/mol. The van der Waals surface area contributed by atoms with Crippen LogP contribution in [-0.2, 0) is 16.0 Å². The molecule has 0 aliphatic carbocycles. The van der Waals surface area contributed by atoms with Gasteiger partial charge in [-0.05, 0) is 38.3 Å². The second-order valence-electron chi connectivity index (χ2n) is 5.49. The Morgan fingerprint density at radius 1 is 1.28 bits per heavy atom. The van der Waals surface area contributed by atoms with Crippen LogP contribution in [-0.4, -0.2) is 47.9 Å². The summed E-state index contributed by atoms with van der Waals surface area (Å²) < 4.78 is 12.3. The SMILES string of the molecule is COCCn1c(C)cc(C(=O)COC(=O)c2cccnc2SC)c1C. The second-order valence-corrected chi connectivity index (χ2v) is 6.28. The van der Waals surface area contributed by atoms with Crippen molar-refractivity contribution in [2.45, 2.75) is 25.4 Å². The number of hydrogen-bond acceptors (Lipinski definition) is 6. The third-order valence-corrected chi connectivity index (χ3v) is 4.62. The van der Waals surface area contributed by atoms with E-state index in [1.807, 2.05) is 30.7 Å². The Balaban J connectivity index is 2.06. The van der Waals surface area contributed by atoms with Crippen molar-refractivity contribution in [3.8, 4) is 0 Å². The molecule has 0 fully saturated rings. The maximum atomic E-state index is 12.5. The molecule has 2 heterocycles. The van der Waals surface area contributed by atoms with Gasteiger partial charge in [-0.3, -0.25) is 4.79 Å². The van der Waals surface area contributed by atoms with Gasteiger partial charge in [0.05, 0.1) is 12.2 Å². The quantitative estimate of drug-likeness (QED) is 0.408. The van der Waals surface area contributed by atoms with E-state index in [-0.39, 0.29) is 12.4 Å². The number of carbonyl (C=O) groups excluding carboxylic acids is 2. The monoisotopic (exact) mass is 362 g/mol. The van der Waals surface area contributed by atoms with Gasteiger partial charge in [-0.25, -0.2) is 9.78 Å². The number of methoxy groups -OCH3 is 1. The van der Waals surface area contributed by atoms with Crippen LogP contribution in [0, 0.1) is 13.8 Å². The molecular formula is C18H22N2O4S. The Morgan fingerprint density at radius 3 is 2.72 bits per heavy atom. The molecule has 0 bridgehead atoms. The van der Waals surface area contributed by atoms with E-state index in [0.717, 1.165) is 11.4 Å². The molecule has 7 heteroatoms. The highest BCUT2D eigenvalue weighted by molar-refractivity contribution is 7.98. The molecule has 0 aliphatic heterocycles. The summed E-state index contributed by atoms with van der Waals surface area (Å²) in [6.07, 6.45) is 3.45. The van der Waals surface area contributed by atoms with Gasteiger partial charge in [0.25, 0.3) is 0 Å². The van der Waals surface area contributed by atoms with Crippen LogP contribution >= 0.6 is 11.8 Å². The fraction of sp³-hybridized carbons (Fsp3) is 0.389. The lowest BCUT2D eigenvalue weighted by Gasteiger charge is -2.09. The minimum absolute atomic E-state index is 0.222. The molecule has 0 atom stereocenters. The van der Waals surface area contributed by atoms with Gasteiger partial charge in [0.15, 0.2) is 6.61 Å². The summed E-state index contributed by atoms with van der Waals surface area (Å²) in [7, 11) is 1.64. The normalized spacial score (nSPS) is 10.7. The zero-order chi connectivity index (χ0) is 18.4. The Bertz CT molecular complexity index is 770. The molecule has 0 radical (unpaired) electrons. The predicted octanol–water partition coefficient (Wildman–Crippen LogP) is 2.91. The highest BCUT2D eigenvalue weighted by Gasteiger charge is 2.19. The number of rotatable bonds is 8. The number of Topliss-reactive ketones (excluding diaryl/α,β-unsaturated/α-hetero) is 1. The average molecular weight is 362 g/mol. The number of pyridine rings is 1. The van der Waals surface area contributed by atoms with Crippen LogP contribution in [0.4, 0.5) is 0 Å². The third kappa shape index (κ3) is 4.49. The van der Waals surface area contributed by atoms with Gasteiger partial charge in [0.2, 0.25) is 5.78 Å². The smallest absolute Gasteiger partial charge is 0.341 e. The molecule has 0 spiro atoms. The fourth-order valence-electron chi connectivity index (χ4n) is 2.61. The van der Waals surface area contributed by atoms with Crippen LogP contribution in [0.2, 0.25) is 0 Å². The average Bonchev–Trinajstić information content (AvgIpc) is 2.91. The van der Waals surface area contributed by atoms with E-state index in [1.54, 1.807) is 25.4 Å². The van der Waals surface area contributed by atoms with Crippen molar-refractivity contribution in [2.24, 2.45) is 0 Å². The lowest BCUT2D eigenvalue weighted by Crippen LogP contribution is -2.16. The number of esters is 1. The molecule has 2 rings (SSSR count). The third-order valence-electron chi connectivity index (χ3n) is 3.91. The Kier molecular flexibility index (Phi) is 6.78. The van der Waals surface area contributed by atoms with Gasteiger partial charge in [-0.2, -0.15) is 0 Å². The highest BCUT2D eigenvalue weighted by atomic mass is 32.2. The molecule has 2 aromatic rings. The highest BCUT2D eigenvalue weighted by Crippen LogP contribution is 2.19. The Morgan fingerprint density at radius 2 is 2.04 bits per heavy atom. The van der Waals surface area contributed by atoms with Crippen molar-refractivity contribution in [2.75, 3.05) is 26.6 Å². The number of nitrogens with zero attached hydrogens (tertiary/aromatic N) is 2. The molecule has 134 valence electrons. The lowest BCUT2D eigenvalue weighted by molar-refractivity contribution is 0.0470. The van der Waals surface area contributed by atoms with E-state index in [2.05, 4.69) is 4.98 Å². The van der Waals surface area contributed by atoms with Crippen molar-refractivity contribution in [3.63, 3.8) is 0 Å². The molecule has 0 saturated carbocycles. The summed E-state index contributed by atoms with van der Waals surface area (Å²) in [5.41, 5.74) is 2.76. The zero-order valence-corrected chi connectivity index (χ0v) is 15.7. The van der Waals surface area contributed by atoms with Crippen molar-refractivity contribution >= 4 is 23.5 Å². The van der Waals surface area contributed by atoms with Gasteiger partial charge in [0.1, 0.15) is 5.03 Å². The molecule has 6 nitrogen and oxygen atoms in total. The van der Waals surface area contributed by atoms with Gasteiger partial charge in [0, 0.05) is 36.8 Å². The topological polar surface area (TPSA) is 70.4 Å². The number of carbonyl (C=O) groups is 2. The van der Waals surface area contributed by atoms with Crippen LogP contribution in [0.5, 0.6) is 0 Å². The van der Waals surface area contributed by atoms with Gasteiger partial charge < -0.3 is 14.0 Å². The Labute approximate surface area is 151 Å². The van der Waals surface area contributed by atoms with E-state index >= 15 is 0 Å². The van der Waals surface area contributed by atoms with Crippen LogP contribution in [0.25, 0.3) is 0 Å². The van der Waals surface area contributed by atoms with Gasteiger partial charge >= 0.3 is 5.97 Å². The van der Waals surface area contributed by atoms with E-state index in [9.17, 15) is 9.59 Å². The summed E-state index contributed by atoms with van der Waals surface area (Å²) in [5.74, 6) is -0.765. The van der Waals surface area contributed by atoms with Crippen molar-refractivity contribution in [1.82, 2.24) is 9.55 Å². The first-order chi connectivity index (χ1) is 12.0. The molecule has 0 aliphatic rings. The number of hydrogen-bond donors (Lipinski definition) is 0. The van der Waals surface area contributed by atoms with E-state index in [1.165, 1.54) is 11.8 Å². The number of ether oxygens (including phenoxy) is 2. The summed E-state index contributed by atoms with van der Waals surface area (Å²) in [4.78, 5) is 28.8. The lowest BCUT2D eigenvalue weighted by atomic mass is 10.1. The first-order valence-corrected chi connectivity index (χ1v) is 9.07. The van der Waals surface area contributed by atoms with Crippen LogP contribution in [0.3, 0.4) is 0 Å². The van der Waals surface area contributed by atoms with E-state index in [0.29, 0.717) is 29.3 Å². The minimum atomic E-state index is -0.543. The maximum Gasteiger partial charge on any atom is 0.341 e. The largest absolute Gasteiger partial charge is 0.454 e. The summed E-state index contributed by atoms with van der Waals surface area (Å²) in [6.45, 7) is 4.76. The summed E-state index contributed by atoms with van der Waals surface area (Å²) >= 11 is 1.36. The Hall–Kier alpha value is -2.12. The first kappa shape index (κ1) is 19.2. The number of thioether (sulfide) groups is 1. The van der Waals surface area contributed by atoms with Gasteiger partial charge in [-0.1, -0.05) is 0 Å². The van der Waals surface area contributed by atoms with Crippen molar-refractivity contribution in [3.05, 3.63) is 46.9 Å². The molecule has 2 aromatic heterocycles. The van der Waals surface area contributed by atoms with Crippen molar-refractivity contribution < 1.29 is 19.1 Å². The molecule has 0 unspecified atom stereocenters.